The standard InChI is InChI=1S/C23H31N3O4/c1-6-30-23(28)20-15(2)21(24-16(20)3)22(27)17(4)25-11-13-26(14-12-25)18-9-7-8-10-19(18)29-5/h7-10,17,24H,6,11-14H2,1-5H3/t17-/m0/s1. The molecule has 0 saturated carbocycles. The second-order valence-electron chi connectivity index (χ2n) is 7.58. The molecule has 1 aliphatic rings. The molecule has 1 atom stereocenters. The molecule has 30 heavy (non-hydrogen) atoms. The number of anilines is 1. The number of esters is 1. The lowest BCUT2D eigenvalue weighted by molar-refractivity contribution is 0.0525. The molecule has 0 aliphatic carbocycles. The number of ketones is 1. The van der Waals surface area contributed by atoms with Crippen LogP contribution in [0.5, 0.6) is 5.75 Å². The van der Waals surface area contributed by atoms with Crippen molar-refractivity contribution in [3.05, 3.63) is 46.8 Å². The summed E-state index contributed by atoms with van der Waals surface area (Å²) in [6, 6.07) is 7.71. The molecule has 0 radical (unpaired) electrons. The van der Waals surface area contributed by atoms with E-state index in [-0.39, 0.29) is 17.8 Å². The predicted molar refractivity (Wildman–Crippen MR) is 117 cm³/mol. The summed E-state index contributed by atoms with van der Waals surface area (Å²) in [6.45, 7) is 10.8. The number of ether oxygens (including phenoxy) is 2. The predicted octanol–water partition coefficient (Wildman–Crippen LogP) is 3.21. The van der Waals surface area contributed by atoms with Gasteiger partial charge in [-0.1, -0.05) is 12.1 Å². The molecule has 0 amide bonds. The van der Waals surface area contributed by atoms with Gasteiger partial charge in [0.05, 0.1) is 36.7 Å². The van der Waals surface area contributed by atoms with Gasteiger partial charge in [-0.2, -0.15) is 0 Å². The van der Waals surface area contributed by atoms with Gasteiger partial charge in [0.1, 0.15) is 5.75 Å². The molecule has 1 saturated heterocycles. The number of carbonyl (C=O) groups excluding carboxylic acids is 2. The van der Waals surface area contributed by atoms with Crippen LogP contribution >= 0.6 is 0 Å². The van der Waals surface area contributed by atoms with Crippen molar-refractivity contribution < 1.29 is 19.1 Å². The zero-order valence-electron chi connectivity index (χ0n) is 18.4. The number of carbonyl (C=O) groups is 2. The van der Waals surface area contributed by atoms with E-state index in [1.165, 1.54) is 0 Å². The topological polar surface area (TPSA) is 74.9 Å². The molecule has 0 bridgehead atoms. The molecular formula is C23H31N3O4. The van der Waals surface area contributed by atoms with E-state index in [2.05, 4.69) is 20.9 Å². The van der Waals surface area contributed by atoms with E-state index in [1.54, 1.807) is 27.9 Å². The summed E-state index contributed by atoms with van der Waals surface area (Å²) >= 11 is 0. The maximum atomic E-state index is 13.2. The van der Waals surface area contributed by atoms with Gasteiger partial charge >= 0.3 is 5.97 Å². The van der Waals surface area contributed by atoms with E-state index in [0.29, 0.717) is 29.1 Å². The van der Waals surface area contributed by atoms with Crippen molar-refractivity contribution in [2.24, 2.45) is 0 Å². The van der Waals surface area contributed by atoms with Gasteiger partial charge in [-0.3, -0.25) is 9.69 Å². The van der Waals surface area contributed by atoms with Crippen LogP contribution in [0.15, 0.2) is 24.3 Å². The molecule has 3 rings (SSSR count). The Morgan fingerprint density at radius 3 is 2.43 bits per heavy atom. The summed E-state index contributed by atoms with van der Waals surface area (Å²) < 4.78 is 10.6. The molecule has 2 aromatic rings. The van der Waals surface area contributed by atoms with Gasteiger partial charge in [-0.05, 0) is 45.4 Å². The molecule has 1 N–H and O–H groups in total. The van der Waals surface area contributed by atoms with Gasteiger partial charge < -0.3 is 19.4 Å². The lowest BCUT2D eigenvalue weighted by Gasteiger charge is -2.38. The molecule has 0 unspecified atom stereocenters. The Hall–Kier alpha value is -2.80. The summed E-state index contributed by atoms with van der Waals surface area (Å²) in [6.07, 6.45) is 0. The average Bonchev–Trinajstić information content (AvgIpc) is 3.06. The quantitative estimate of drug-likeness (QED) is 0.555. The van der Waals surface area contributed by atoms with E-state index in [1.807, 2.05) is 25.1 Å². The van der Waals surface area contributed by atoms with Crippen molar-refractivity contribution in [1.29, 1.82) is 0 Å². The zero-order chi connectivity index (χ0) is 21.8. The van der Waals surface area contributed by atoms with Crippen molar-refractivity contribution in [2.45, 2.75) is 33.7 Å². The van der Waals surface area contributed by atoms with Crippen LogP contribution in [0.3, 0.4) is 0 Å². The van der Waals surface area contributed by atoms with E-state index < -0.39 is 0 Å². The number of aromatic amines is 1. The molecule has 1 fully saturated rings. The number of rotatable bonds is 7. The summed E-state index contributed by atoms with van der Waals surface area (Å²) in [5, 5.41) is 0. The number of piperazine rings is 1. The number of nitrogens with one attached hydrogen (secondary N) is 1. The first kappa shape index (κ1) is 21.9. The van der Waals surface area contributed by atoms with Crippen molar-refractivity contribution in [3.63, 3.8) is 0 Å². The van der Waals surface area contributed by atoms with E-state index >= 15 is 0 Å². The van der Waals surface area contributed by atoms with Crippen LogP contribution in [0.2, 0.25) is 0 Å². The summed E-state index contributed by atoms with van der Waals surface area (Å²) in [5.41, 5.74) is 3.37. The van der Waals surface area contributed by atoms with Crippen LogP contribution in [0, 0.1) is 13.8 Å². The third-order valence-electron chi connectivity index (χ3n) is 5.83. The monoisotopic (exact) mass is 413 g/mol. The van der Waals surface area contributed by atoms with Crippen LogP contribution < -0.4 is 9.64 Å². The first-order valence-electron chi connectivity index (χ1n) is 10.4. The fourth-order valence-electron chi connectivity index (χ4n) is 4.12. The molecule has 162 valence electrons. The Labute approximate surface area is 178 Å². The average molecular weight is 414 g/mol. The van der Waals surface area contributed by atoms with Crippen LogP contribution in [0.1, 0.15) is 46.0 Å². The van der Waals surface area contributed by atoms with Crippen LogP contribution in [0.25, 0.3) is 0 Å². The second-order valence-corrected chi connectivity index (χ2v) is 7.58. The minimum atomic E-state index is -0.388. The smallest absolute Gasteiger partial charge is 0.340 e. The molecule has 0 spiro atoms. The van der Waals surface area contributed by atoms with Gasteiger partial charge in [-0.15, -0.1) is 0 Å². The van der Waals surface area contributed by atoms with Crippen molar-refractivity contribution in [1.82, 2.24) is 9.88 Å². The lowest BCUT2D eigenvalue weighted by atomic mass is 10.0. The normalized spacial score (nSPS) is 15.7. The molecule has 7 nitrogen and oxygen atoms in total. The Morgan fingerprint density at radius 1 is 1.13 bits per heavy atom. The van der Waals surface area contributed by atoms with Crippen LogP contribution in [0.4, 0.5) is 5.69 Å². The van der Waals surface area contributed by atoms with E-state index in [4.69, 9.17) is 9.47 Å². The summed E-state index contributed by atoms with van der Waals surface area (Å²) in [5.74, 6) is 0.469. The zero-order valence-corrected chi connectivity index (χ0v) is 18.4. The van der Waals surface area contributed by atoms with Gasteiger partial charge in [-0.25, -0.2) is 4.79 Å². The fourth-order valence-corrected chi connectivity index (χ4v) is 4.12. The highest BCUT2D eigenvalue weighted by Crippen LogP contribution is 2.29. The van der Waals surface area contributed by atoms with Crippen molar-refractivity contribution in [3.8, 4) is 5.75 Å². The number of hydrogen-bond acceptors (Lipinski definition) is 6. The van der Waals surface area contributed by atoms with E-state index in [9.17, 15) is 9.59 Å². The maximum absolute atomic E-state index is 13.2. The largest absolute Gasteiger partial charge is 0.495 e. The number of hydrogen-bond donors (Lipinski definition) is 1. The molecule has 1 aliphatic heterocycles. The Morgan fingerprint density at radius 2 is 1.80 bits per heavy atom. The number of nitrogens with zero attached hydrogens (tertiary/aromatic N) is 2. The third-order valence-corrected chi connectivity index (χ3v) is 5.83. The van der Waals surface area contributed by atoms with Gasteiger partial charge in [0.2, 0.25) is 0 Å². The molecule has 2 heterocycles. The second kappa shape index (κ2) is 9.34. The minimum absolute atomic E-state index is 0.00288. The first-order chi connectivity index (χ1) is 14.4. The third kappa shape index (κ3) is 4.21. The number of aryl methyl sites for hydroxylation is 1. The number of para-hydroxylation sites is 2. The van der Waals surface area contributed by atoms with Crippen molar-refractivity contribution >= 4 is 17.4 Å². The number of H-pyrrole nitrogens is 1. The maximum Gasteiger partial charge on any atom is 0.340 e. The molecule has 7 heteroatoms. The van der Waals surface area contributed by atoms with Gasteiger partial charge in [0.15, 0.2) is 5.78 Å². The number of benzene rings is 1. The highest BCUT2D eigenvalue weighted by molar-refractivity contribution is 6.03. The fraction of sp³-hybridized carbons (Fsp3) is 0.478. The van der Waals surface area contributed by atoms with Crippen molar-refractivity contribution in [2.75, 3.05) is 44.8 Å². The first-order valence-corrected chi connectivity index (χ1v) is 10.4. The minimum Gasteiger partial charge on any atom is -0.495 e. The van der Waals surface area contributed by atoms with Crippen LogP contribution in [-0.4, -0.2) is 67.6 Å². The number of methoxy groups -OCH3 is 1. The summed E-state index contributed by atoms with van der Waals surface area (Å²) in [7, 11) is 1.68. The van der Waals surface area contributed by atoms with Gasteiger partial charge in [0, 0.05) is 31.9 Å². The molecule has 1 aromatic heterocycles. The SMILES string of the molecule is CCOC(=O)c1c(C)[nH]c(C(=O)[C@H](C)N2CCN(c3ccccc3OC)CC2)c1C. The molecular weight excluding hydrogens is 382 g/mol. The number of Topliss-reactive ketones (excluding diaryl/α,β-unsaturated/α-hetero) is 1. The highest BCUT2D eigenvalue weighted by atomic mass is 16.5. The molecule has 1 aromatic carbocycles. The highest BCUT2D eigenvalue weighted by Gasteiger charge is 2.30. The van der Waals surface area contributed by atoms with E-state index in [0.717, 1.165) is 37.6 Å². The number of aromatic nitrogens is 1. The Balaban J connectivity index is 1.70. The Kier molecular flexibility index (Phi) is 6.82. The van der Waals surface area contributed by atoms with Gasteiger partial charge in [0.25, 0.3) is 0 Å². The lowest BCUT2D eigenvalue weighted by Crippen LogP contribution is -2.52. The van der Waals surface area contributed by atoms with Crippen LogP contribution in [-0.2, 0) is 4.74 Å². The Bertz CT molecular complexity index is 913. The summed E-state index contributed by atoms with van der Waals surface area (Å²) in [4.78, 5) is 33.0.